The average Bonchev–Trinajstić information content (AvgIpc) is 2.55. The van der Waals surface area contributed by atoms with Gasteiger partial charge in [0, 0.05) is 25.0 Å². The Morgan fingerprint density at radius 3 is 2.45 bits per heavy atom. The fourth-order valence-corrected chi connectivity index (χ4v) is 1.96. The Bertz CT molecular complexity index is 585. The molecule has 2 aromatic carbocycles. The Morgan fingerprint density at radius 2 is 1.82 bits per heavy atom. The number of carbonyl (C=O) groups is 1. The second-order valence-corrected chi connectivity index (χ2v) is 4.88. The van der Waals surface area contributed by atoms with E-state index in [2.05, 4.69) is 5.32 Å². The van der Waals surface area contributed by atoms with Crippen molar-refractivity contribution in [3.63, 3.8) is 0 Å². The van der Waals surface area contributed by atoms with Gasteiger partial charge in [0.25, 0.3) is 0 Å². The Morgan fingerprint density at radius 1 is 1.14 bits per heavy atom. The van der Waals surface area contributed by atoms with Gasteiger partial charge in [-0.15, -0.1) is 0 Å². The summed E-state index contributed by atoms with van der Waals surface area (Å²) in [5, 5.41) is 11.6. The largest absolute Gasteiger partial charge is 0.444 e. The topological polar surface area (TPSA) is 61.8 Å². The molecule has 0 saturated carbocycles. The van der Waals surface area contributed by atoms with Gasteiger partial charge in [0.1, 0.15) is 6.61 Å². The molecule has 1 amide bonds. The third kappa shape index (κ3) is 4.79. The number of nitrogens with one attached hydrogen (secondary N) is 1. The van der Waals surface area contributed by atoms with E-state index in [0.717, 1.165) is 11.3 Å². The summed E-state index contributed by atoms with van der Waals surface area (Å²) < 4.78 is 5.15. The minimum absolute atomic E-state index is 0.0995. The summed E-state index contributed by atoms with van der Waals surface area (Å²) in [5.41, 5.74) is 2.58. The van der Waals surface area contributed by atoms with Gasteiger partial charge in [0.05, 0.1) is 6.61 Å². The van der Waals surface area contributed by atoms with E-state index < -0.39 is 6.09 Å². The molecule has 5 nitrogen and oxygen atoms in total. The predicted molar refractivity (Wildman–Crippen MR) is 87.0 cm³/mol. The van der Waals surface area contributed by atoms with Gasteiger partial charge in [-0.3, -0.25) is 5.32 Å². The molecule has 0 spiro atoms. The molecule has 0 aliphatic carbocycles. The van der Waals surface area contributed by atoms with Crippen LogP contribution in [0.2, 0.25) is 0 Å². The zero-order valence-electron chi connectivity index (χ0n) is 12.5. The first-order valence-corrected chi connectivity index (χ1v) is 7.09. The minimum atomic E-state index is -0.486. The fourth-order valence-electron chi connectivity index (χ4n) is 1.96. The number of ether oxygens (including phenoxy) is 1. The van der Waals surface area contributed by atoms with Crippen LogP contribution in [0.25, 0.3) is 0 Å². The molecule has 2 rings (SSSR count). The lowest BCUT2D eigenvalue weighted by Crippen LogP contribution is -2.21. The zero-order chi connectivity index (χ0) is 15.8. The van der Waals surface area contributed by atoms with Crippen LogP contribution in [0.15, 0.2) is 54.6 Å². The summed E-state index contributed by atoms with van der Waals surface area (Å²) in [7, 11) is 1.90. The third-order valence-electron chi connectivity index (χ3n) is 3.20. The van der Waals surface area contributed by atoms with Crippen molar-refractivity contribution in [2.24, 2.45) is 0 Å². The van der Waals surface area contributed by atoms with Gasteiger partial charge in [-0.25, -0.2) is 4.79 Å². The van der Waals surface area contributed by atoms with E-state index in [1.165, 1.54) is 0 Å². The van der Waals surface area contributed by atoms with E-state index in [1.807, 2.05) is 54.4 Å². The molecule has 2 N–H and O–H groups in total. The summed E-state index contributed by atoms with van der Waals surface area (Å²) in [4.78, 5) is 13.7. The third-order valence-corrected chi connectivity index (χ3v) is 3.20. The van der Waals surface area contributed by atoms with Gasteiger partial charge < -0.3 is 14.7 Å². The quantitative estimate of drug-likeness (QED) is 0.861. The molecule has 0 aliphatic rings. The van der Waals surface area contributed by atoms with Crippen LogP contribution in [-0.2, 0) is 11.3 Å². The zero-order valence-corrected chi connectivity index (χ0v) is 12.5. The first kappa shape index (κ1) is 15.9. The molecule has 0 heterocycles. The van der Waals surface area contributed by atoms with Crippen LogP contribution >= 0.6 is 0 Å². The Balaban J connectivity index is 1.84. The smallest absolute Gasteiger partial charge is 0.411 e. The average molecular weight is 300 g/mol. The number of amides is 1. The summed E-state index contributed by atoms with van der Waals surface area (Å²) in [6, 6.07) is 16.9. The minimum Gasteiger partial charge on any atom is -0.444 e. The molecule has 116 valence electrons. The maximum absolute atomic E-state index is 11.7. The molecule has 22 heavy (non-hydrogen) atoms. The van der Waals surface area contributed by atoms with Crippen LogP contribution in [0.4, 0.5) is 16.2 Å². The van der Waals surface area contributed by atoms with Gasteiger partial charge in [0.2, 0.25) is 0 Å². The predicted octanol–water partition coefficient (Wildman–Crippen LogP) is 2.86. The molecule has 0 aromatic heterocycles. The van der Waals surface area contributed by atoms with Crippen LogP contribution in [0.5, 0.6) is 0 Å². The number of hydrogen-bond donors (Lipinski definition) is 2. The molecule has 0 unspecified atom stereocenters. The molecule has 0 bridgehead atoms. The van der Waals surface area contributed by atoms with Crippen LogP contribution in [0.1, 0.15) is 5.56 Å². The molecule has 0 fully saturated rings. The van der Waals surface area contributed by atoms with Crippen LogP contribution in [-0.4, -0.2) is 31.4 Å². The van der Waals surface area contributed by atoms with Gasteiger partial charge in [0.15, 0.2) is 0 Å². The van der Waals surface area contributed by atoms with Crippen molar-refractivity contribution in [3.05, 3.63) is 60.2 Å². The van der Waals surface area contributed by atoms with E-state index in [4.69, 9.17) is 9.84 Å². The summed E-state index contributed by atoms with van der Waals surface area (Å²) in [5.74, 6) is 0. The van der Waals surface area contributed by atoms with Crippen LogP contribution in [0, 0.1) is 0 Å². The SMILES string of the molecule is CN(CCO)c1ccc(NC(=O)OCc2ccccc2)cc1. The first-order valence-electron chi connectivity index (χ1n) is 7.09. The van der Waals surface area contributed by atoms with E-state index in [-0.39, 0.29) is 13.2 Å². The molecule has 5 heteroatoms. The first-order chi connectivity index (χ1) is 10.7. The fraction of sp³-hybridized carbons (Fsp3) is 0.235. The van der Waals surface area contributed by atoms with Crippen molar-refractivity contribution in [2.45, 2.75) is 6.61 Å². The number of aliphatic hydroxyl groups excluding tert-OH is 1. The summed E-state index contributed by atoms with van der Waals surface area (Å²) >= 11 is 0. The van der Waals surface area contributed by atoms with Gasteiger partial charge in [-0.2, -0.15) is 0 Å². The van der Waals surface area contributed by atoms with E-state index in [9.17, 15) is 4.79 Å². The number of likely N-dealkylation sites (N-methyl/N-ethyl adjacent to an activating group) is 1. The molecule has 0 radical (unpaired) electrons. The van der Waals surface area contributed by atoms with Crippen molar-refractivity contribution < 1.29 is 14.6 Å². The summed E-state index contributed by atoms with van der Waals surface area (Å²) in [6.07, 6.45) is -0.486. The normalized spacial score (nSPS) is 10.1. The monoisotopic (exact) mass is 300 g/mol. The Kier molecular flexibility index (Phi) is 5.80. The van der Waals surface area contributed by atoms with Gasteiger partial charge in [-0.05, 0) is 29.8 Å². The van der Waals surface area contributed by atoms with Gasteiger partial charge in [-0.1, -0.05) is 30.3 Å². The lowest BCUT2D eigenvalue weighted by Gasteiger charge is -2.18. The highest BCUT2D eigenvalue weighted by atomic mass is 16.5. The number of anilines is 2. The highest BCUT2D eigenvalue weighted by Gasteiger charge is 2.05. The highest BCUT2D eigenvalue weighted by Crippen LogP contribution is 2.16. The van der Waals surface area contributed by atoms with Crippen molar-refractivity contribution in [1.29, 1.82) is 0 Å². The maximum atomic E-state index is 11.7. The standard InChI is InChI=1S/C17H20N2O3/c1-19(11-12-20)16-9-7-15(8-10-16)18-17(21)22-13-14-5-3-2-4-6-14/h2-10,20H,11-13H2,1H3,(H,18,21). The molecule has 0 aliphatic heterocycles. The number of hydrogen-bond acceptors (Lipinski definition) is 4. The lowest BCUT2D eigenvalue weighted by molar-refractivity contribution is 0.155. The highest BCUT2D eigenvalue weighted by molar-refractivity contribution is 5.84. The van der Waals surface area contributed by atoms with Crippen molar-refractivity contribution >= 4 is 17.5 Å². The number of nitrogens with zero attached hydrogens (tertiary/aromatic N) is 1. The molecule has 0 saturated heterocycles. The van der Waals surface area contributed by atoms with E-state index in [0.29, 0.717) is 12.2 Å². The molecular formula is C17H20N2O3. The van der Waals surface area contributed by atoms with Gasteiger partial charge >= 0.3 is 6.09 Å². The van der Waals surface area contributed by atoms with Crippen molar-refractivity contribution in [3.8, 4) is 0 Å². The van der Waals surface area contributed by atoms with Crippen LogP contribution < -0.4 is 10.2 Å². The molecule has 2 aromatic rings. The Labute approximate surface area is 130 Å². The lowest BCUT2D eigenvalue weighted by atomic mass is 10.2. The second-order valence-electron chi connectivity index (χ2n) is 4.88. The Hall–Kier alpha value is -2.53. The van der Waals surface area contributed by atoms with Crippen molar-refractivity contribution in [2.75, 3.05) is 30.4 Å². The number of aliphatic hydroxyl groups is 1. The van der Waals surface area contributed by atoms with E-state index in [1.54, 1.807) is 12.1 Å². The number of benzene rings is 2. The van der Waals surface area contributed by atoms with Crippen molar-refractivity contribution in [1.82, 2.24) is 0 Å². The van der Waals surface area contributed by atoms with Crippen LogP contribution in [0.3, 0.4) is 0 Å². The molecule has 0 atom stereocenters. The number of carbonyl (C=O) groups excluding carboxylic acids is 1. The van der Waals surface area contributed by atoms with E-state index >= 15 is 0 Å². The molecular weight excluding hydrogens is 280 g/mol. The number of rotatable bonds is 6. The maximum Gasteiger partial charge on any atom is 0.411 e. The summed E-state index contributed by atoms with van der Waals surface area (Å²) in [6.45, 7) is 0.901. The second kappa shape index (κ2) is 8.05.